The van der Waals surface area contributed by atoms with Gasteiger partial charge in [-0.3, -0.25) is 9.69 Å². The van der Waals surface area contributed by atoms with Gasteiger partial charge in [-0.05, 0) is 19.1 Å². The molecule has 1 aliphatic rings. The molecule has 1 aromatic carbocycles. The van der Waals surface area contributed by atoms with Crippen LogP contribution in [0.4, 0.5) is 0 Å². The maximum Gasteiger partial charge on any atom is 0.286 e. The molecule has 1 unspecified atom stereocenters. The molecule has 0 bridgehead atoms. The summed E-state index contributed by atoms with van der Waals surface area (Å²) in [5.41, 5.74) is 0.488. The van der Waals surface area contributed by atoms with Crippen LogP contribution in [0.5, 0.6) is 0 Å². The second-order valence-corrected chi connectivity index (χ2v) is 5.53. The minimum atomic E-state index is -0.227. The van der Waals surface area contributed by atoms with Gasteiger partial charge in [-0.2, -0.15) is 0 Å². The first kappa shape index (κ1) is 15.1. The van der Waals surface area contributed by atoms with Crippen molar-refractivity contribution >= 4 is 11.6 Å². The average Bonchev–Trinajstić information content (AvgIpc) is 2.56. The predicted octanol–water partition coefficient (Wildman–Crippen LogP) is 1.81. The summed E-state index contributed by atoms with van der Waals surface area (Å²) in [4.78, 5) is 18.4. The second kappa shape index (κ2) is 6.56. The molecular weight excluding hydrogens is 304 g/mol. The number of ether oxygens (including phenoxy) is 1. The van der Waals surface area contributed by atoms with Crippen molar-refractivity contribution in [3.63, 3.8) is 0 Å². The van der Waals surface area contributed by atoms with Crippen LogP contribution < -0.4 is 5.56 Å². The van der Waals surface area contributed by atoms with Gasteiger partial charge < -0.3 is 4.74 Å². The quantitative estimate of drug-likeness (QED) is 0.863. The fraction of sp³-hybridized carbons (Fsp3) is 0.400. The highest BCUT2D eigenvalue weighted by molar-refractivity contribution is 6.33. The highest BCUT2D eigenvalue weighted by atomic mass is 35.5. The van der Waals surface area contributed by atoms with Crippen LogP contribution in [0.3, 0.4) is 0 Å². The van der Waals surface area contributed by atoms with E-state index in [1.165, 1.54) is 10.9 Å². The lowest BCUT2D eigenvalue weighted by molar-refractivity contribution is -0.000868. The van der Waals surface area contributed by atoms with Gasteiger partial charge in [0.05, 0.1) is 24.4 Å². The third-order valence-corrected chi connectivity index (χ3v) is 4.10. The van der Waals surface area contributed by atoms with Crippen molar-refractivity contribution in [3.8, 4) is 11.4 Å². The van der Waals surface area contributed by atoms with Crippen molar-refractivity contribution in [2.45, 2.75) is 13.1 Å². The number of halogens is 1. The number of benzene rings is 1. The maximum atomic E-state index is 12.1. The Morgan fingerprint density at radius 2 is 2.00 bits per heavy atom. The van der Waals surface area contributed by atoms with Crippen LogP contribution in [0.2, 0.25) is 5.02 Å². The second-order valence-electron chi connectivity index (χ2n) is 5.12. The highest BCUT2D eigenvalue weighted by Gasteiger charge is 2.21. The lowest BCUT2D eigenvalue weighted by Gasteiger charge is -2.32. The van der Waals surface area contributed by atoms with Gasteiger partial charge in [-0.25, -0.2) is 9.67 Å². The molecule has 7 heteroatoms. The zero-order valence-corrected chi connectivity index (χ0v) is 13.0. The van der Waals surface area contributed by atoms with Crippen molar-refractivity contribution in [2.24, 2.45) is 0 Å². The molecule has 0 radical (unpaired) electrons. The molecule has 1 saturated heterocycles. The maximum absolute atomic E-state index is 12.1. The standard InChI is InChI=1S/C15H17ClN4O2/c1-11(19-6-8-22-9-7-19)20-14(21)10-17-15(18-20)12-4-2-3-5-13(12)16/h2-5,10-11H,6-9H2,1H3. The van der Waals surface area contributed by atoms with E-state index in [2.05, 4.69) is 15.0 Å². The van der Waals surface area contributed by atoms with Crippen LogP contribution in [0.15, 0.2) is 35.3 Å². The molecule has 0 spiro atoms. The first-order valence-corrected chi connectivity index (χ1v) is 7.57. The number of morpholine rings is 1. The fourth-order valence-electron chi connectivity index (χ4n) is 2.49. The summed E-state index contributed by atoms with van der Waals surface area (Å²) in [7, 11) is 0. The Bertz CT molecular complexity index is 713. The first-order valence-electron chi connectivity index (χ1n) is 7.19. The zero-order valence-electron chi connectivity index (χ0n) is 12.3. The minimum Gasteiger partial charge on any atom is -0.379 e. The number of aromatic nitrogens is 3. The van der Waals surface area contributed by atoms with Gasteiger partial charge in [0.15, 0.2) is 5.82 Å². The molecule has 0 aliphatic carbocycles. The number of rotatable bonds is 3. The van der Waals surface area contributed by atoms with E-state index in [1.54, 1.807) is 6.07 Å². The largest absolute Gasteiger partial charge is 0.379 e. The van der Waals surface area contributed by atoms with Crippen LogP contribution in [0.1, 0.15) is 13.1 Å². The van der Waals surface area contributed by atoms with E-state index in [1.807, 2.05) is 25.1 Å². The van der Waals surface area contributed by atoms with Gasteiger partial charge in [0.2, 0.25) is 0 Å². The van der Waals surface area contributed by atoms with Crippen LogP contribution in [-0.4, -0.2) is 46.0 Å². The molecule has 0 saturated carbocycles. The fourth-order valence-corrected chi connectivity index (χ4v) is 2.71. The predicted molar refractivity (Wildman–Crippen MR) is 83.8 cm³/mol. The molecule has 1 atom stereocenters. The van der Waals surface area contributed by atoms with E-state index in [-0.39, 0.29) is 11.7 Å². The monoisotopic (exact) mass is 320 g/mol. The molecule has 1 aromatic heterocycles. The van der Waals surface area contributed by atoms with Crippen LogP contribution in [-0.2, 0) is 4.74 Å². The number of nitrogens with zero attached hydrogens (tertiary/aromatic N) is 4. The smallest absolute Gasteiger partial charge is 0.286 e. The SMILES string of the molecule is CC(N1CCOCC1)n1nc(-c2ccccc2Cl)ncc1=O. The van der Waals surface area contributed by atoms with Crippen LogP contribution in [0, 0.1) is 0 Å². The van der Waals surface area contributed by atoms with E-state index >= 15 is 0 Å². The molecule has 1 fully saturated rings. The molecule has 6 nitrogen and oxygen atoms in total. The van der Waals surface area contributed by atoms with E-state index < -0.39 is 0 Å². The van der Waals surface area contributed by atoms with Crippen molar-refractivity contribution in [1.82, 2.24) is 19.7 Å². The molecule has 0 N–H and O–H groups in total. The number of hydrogen-bond donors (Lipinski definition) is 0. The van der Waals surface area contributed by atoms with Gasteiger partial charge in [-0.15, -0.1) is 5.10 Å². The average molecular weight is 321 g/mol. The zero-order chi connectivity index (χ0) is 15.5. The van der Waals surface area contributed by atoms with Crippen LogP contribution >= 0.6 is 11.6 Å². The van der Waals surface area contributed by atoms with E-state index in [9.17, 15) is 4.79 Å². The Morgan fingerprint density at radius 3 is 2.73 bits per heavy atom. The van der Waals surface area contributed by atoms with E-state index in [4.69, 9.17) is 16.3 Å². The topological polar surface area (TPSA) is 60.2 Å². The lowest BCUT2D eigenvalue weighted by atomic mass is 10.2. The molecule has 0 amide bonds. The summed E-state index contributed by atoms with van der Waals surface area (Å²) in [5, 5.41) is 4.97. The van der Waals surface area contributed by atoms with E-state index in [0.29, 0.717) is 29.6 Å². The van der Waals surface area contributed by atoms with Crippen molar-refractivity contribution in [3.05, 3.63) is 45.8 Å². The molecule has 3 rings (SSSR count). The summed E-state index contributed by atoms with van der Waals surface area (Å²) >= 11 is 6.18. The van der Waals surface area contributed by atoms with Gasteiger partial charge >= 0.3 is 0 Å². The Morgan fingerprint density at radius 1 is 1.27 bits per heavy atom. The van der Waals surface area contributed by atoms with Gasteiger partial charge in [0, 0.05) is 18.7 Å². The molecule has 116 valence electrons. The summed E-state index contributed by atoms with van der Waals surface area (Å²) in [6.07, 6.45) is 1.14. The Labute approximate surface area is 133 Å². The van der Waals surface area contributed by atoms with Gasteiger partial charge in [0.1, 0.15) is 6.17 Å². The summed E-state index contributed by atoms with van der Waals surface area (Å²) in [6.45, 7) is 4.84. The molecule has 2 aromatic rings. The van der Waals surface area contributed by atoms with Crippen LogP contribution in [0.25, 0.3) is 11.4 Å². The van der Waals surface area contributed by atoms with Crippen molar-refractivity contribution < 1.29 is 4.74 Å². The van der Waals surface area contributed by atoms with Crippen molar-refractivity contribution in [1.29, 1.82) is 0 Å². The lowest BCUT2D eigenvalue weighted by Crippen LogP contribution is -2.43. The molecule has 1 aliphatic heterocycles. The third-order valence-electron chi connectivity index (χ3n) is 3.77. The minimum absolute atomic E-state index is 0.152. The first-order chi connectivity index (χ1) is 10.7. The highest BCUT2D eigenvalue weighted by Crippen LogP contribution is 2.24. The Balaban J connectivity index is 1.96. The normalized spacial score (nSPS) is 17.4. The summed E-state index contributed by atoms with van der Waals surface area (Å²) in [5.74, 6) is 0.449. The van der Waals surface area contributed by atoms with Crippen molar-refractivity contribution in [2.75, 3.05) is 26.3 Å². The Hall–Kier alpha value is -1.76. The Kier molecular flexibility index (Phi) is 4.52. The third kappa shape index (κ3) is 3.04. The molecule has 22 heavy (non-hydrogen) atoms. The van der Waals surface area contributed by atoms with Gasteiger partial charge in [0.25, 0.3) is 5.56 Å². The van der Waals surface area contributed by atoms with E-state index in [0.717, 1.165) is 13.1 Å². The molecular formula is C15H17ClN4O2. The van der Waals surface area contributed by atoms with Gasteiger partial charge in [-0.1, -0.05) is 23.7 Å². The molecule has 2 heterocycles. The number of hydrogen-bond acceptors (Lipinski definition) is 5. The summed E-state index contributed by atoms with van der Waals surface area (Å²) < 4.78 is 6.80. The summed E-state index contributed by atoms with van der Waals surface area (Å²) in [6, 6.07) is 7.33.